The molecule has 1 aliphatic rings. The Morgan fingerprint density at radius 1 is 1.45 bits per heavy atom. The van der Waals surface area contributed by atoms with Crippen molar-refractivity contribution in [2.24, 2.45) is 0 Å². The number of rotatable bonds is 3. The van der Waals surface area contributed by atoms with Crippen LogP contribution in [0.1, 0.15) is 23.5 Å². The van der Waals surface area contributed by atoms with Crippen LogP contribution < -0.4 is 5.32 Å². The molecule has 1 fully saturated rings. The van der Waals surface area contributed by atoms with E-state index in [4.69, 9.17) is 5.11 Å². The van der Waals surface area contributed by atoms with Gasteiger partial charge < -0.3 is 10.4 Å². The molecule has 20 heavy (non-hydrogen) atoms. The average molecular weight is 318 g/mol. The first-order chi connectivity index (χ1) is 9.17. The Hall–Kier alpha value is -1.45. The molecule has 1 amide bonds. The van der Waals surface area contributed by atoms with Crippen molar-refractivity contribution >= 4 is 33.2 Å². The van der Waals surface area contributed by atoms with Gasteiger partial charge in [-0.15, -0.1) is 11.3 Å². The van der Waals surface area contributed by atoms with Gasteiger partial charge in [0.15, 0.2) is 0 Å². The van der Waals surface area contributed by atoms with E-state index in [9.17, 15) is 18.0 Å². The van der Waals surface area contributed by atoms with Crippen LogP contribution in [0, 0.1) is 0 Å². The lowest BCUT2D eigenvalue weighted by Gasteiger charge is -2.39. The van der Waals surface area contributed by atoms with Gasteiger partial charge in [0, 0.05) is 13.1 Å². The molecule has 2 heterocycles. The second-order valence-electron chi connectivity index (χ2n) is 4.82. The number of piperazine rings is 1. The zero-order chi connectivity index (χ0) is 15.1. The van der Waals surface area contributed by atoms with Crippen LogP contribution in [-0.2, 0) is 14.8 Å². The predicted molar refractivity (Wildman–Crippen MR) is 72.3 cm³/mol. The molecular weight excluding hydrogens is 304 g/mol. The third-order valence-corrected chi connectivity index (χ3v) is 6.73. The normalized spacial score (nSPS) is 19.6. The fraction of sp³-hybridized carbons (Fsp3) is 0.455. The van der Waals surface area contributed by atoms with Crippen LogP contribution in [0.4, 0.5) is 0 Å². The van der Waals surface area contributed by atoms with Crippen molar-refractivity contribution < 1.29 is 23.1 Å². The van der Waals surface area contributed by atoms with Gasteiger partial charge in [0.1, 0.15) is 14.6 Å². The van der Waals surface area contributed by atoms with Gasteiger partial charge >= 0.3 is 5.97 Å². The number of hydrogen-bond acceptors (Lipinski definition) is 5. The molecule has 110 valence electrons. The Bertz CT molecular complexity index is 662. The first-order valence-electron chi connectivity index (χ1n) is 5.81. The van der Waals surface area contributed by atoms with Crippen LogP contribution in [0.2, 0.25) is 0 Å². The van der Waals surface area contributed by atoms with Gasteiger partial charge in [-0.2, -0.15) is 4.31 Å². The minimum Gasteiger partial charge on any atom is -0.477 e. The molecule has 0 bridgehead atoms. The standard InChI is InChI=1S/C11H14N2O5S2/c1-11(2)10(16)12-5-6-13(11)20(17,18)8-4-3-7(19-8)9(14)15/h3-4H,5-6H2,1-2H3,(H,12,16)(H,14,15). The second-order valence-corrected chi connectivity index (χ2v) is 7.99. The van der Waals surface area contributed by atoms with Crippen molar-refractivity contribution in [1.29, 1.82) is 0 Å². The summed E-state index contributed by atoms with van der Waals surface area (Å²) in [5, 5.41) is 11.5. The summed E-state index contributed by atoms with van der Waals surface area (Å²) in [5.74, 6) is -1.55. The van der Waals surface area contributed by atoms with Crippen molar-refractivity contribution in [2.45, 2.75) is 23.6 Å². The Kier molecular flexibility index (Phi) is 3.61. The van der Waals surface area contributed by atoms with Gasteiger partial charge in [-0.3, -0.25) is 4.79 Å². The number of nitrogens with one attached hydrogen (secondary N) is 1. The van der Waals surface area contributed by atoms with Crippen LogP contribution in [0.5, 0.6) is 0 Å². The topological polar surface area (TPSA) is 104 Å². The SMILES string of the molecule is CC1(C)C(=O)NCCN1S(=O)(=O)c1ccc(C(=O)O)s1. The number of amides is 1. The molecule has 0 aliphatic carbocycles. The average Bonchev–Trinajstić information content (AvgIpc) is 2.82. The largest absolute Gasteiger partial charge is 0.477 e. The molecule has 9 heteroatoms. The first kappa shape index (κ1) is 14.9. The van der Waals surface area contributed by atoms with E-state index in [2.05, 4.69) is 5.32 Å². The van der Waals surface area contributed by atoms with E-state index in [0.29, 0.717) is 11.3 Å². The molecule has 0 aromatic carbocycles. The monoisotopic (exact) mass is 318 g/mol. The zero-order valence-corrected chi connectivity index (χ0v) is 12.5. The van der Waals surface area contributed by atoms with E-state index < -0.39 is 21.5 Å². The molecule has 7 nitrogen and oxygen atoms in total. The van der Waals surface area contributed by atoms with Crippen LogP contribution in [-0.4, -0.2) is 48.3 Å². The van der Waals surface area contributed by atoms with E-state index in [-0.39, 0.29) is 28.1 Å². The van der Waals surface area contributed by atoms with E-state index in [1.807, 2.05) is 0 Å². The van der Waals surface area contributed by atoms with E-state index in [1.165, 1.54) is 26.0 Å². The number of thiophene rings is 1. The molecule has 1 aromatic rings. The summed E-state index contributed by atoms with van der Waals surface area (Å²) in [5.41, 5.74) is -1.20. The van der Waals surface area contributed by atoms with Crippen LogP contribution in [0.15, 0.2) is 16.3 Å². The van der Waals surface area contributed by atoms with E-state index >= 15 is 0 Å². The lowest BCUT2D eigenvalue weighted by Crippen LogP contribution is -2.63. The number of carbonyl (C=O) groups is 2. The highest BCUT2D eigenvalue weighted by Gasteiger charge is 2.45. The fourth-order valence-electron chi connectivity index (χ4n) is 1.98. The molecule has 0 unspecified atom stereocenters. The quantitative estimate of drug-likeness (QED) is 0.836. The Morgan fingerprint density at radius 2 is 2.10 bits per heavy atom. The number of hydrogen-bond donors (Lipinski definition) is 2. The summed E-state index contributed by atoms with van der Waals surface area (Å²) >= 11 is 0.683. The Balaban J connectivity index is 2.43. The lowest BCUT2D eigenvalue weighted by molar-refractivity contribution is -0.131. The van der Waals surface area contributed by atoms with Gasteiger partial charge in [-0.25, -0.2) is 13.2 Å². The zero-order valence-electron chi connectivity index (χ0n) is 10.9. The van der Waals surface area contributed by atoms with Crippen LogP contribution in [0.3, 0.4) is 0 Å². The van der Waals surface area contributed by atoms with Gasteiger partial charge in [0.2, 0.25) is 5.91 Å². The summed E-state index contributed by atoms with van der Waals surface area (Å²) < 4.78 is 26.1. The smallest absolute Gasteiger partial charge is 0.345 e. The van der Waals surface area contributed by atoms with Crippen molar-refractivity contribution in [1.82, 2.24) is 9.62 Å². The highest BCUT2D eigenvalue weighted by molar-refractivity contribution is 7.91. The number of carboxylic acid groups (broad SMARTS) is 1. The molecule has 2 N–H and O–H groups in total. The van der Waals surface area contributed by atoms with Crippen molar-refractivity contribution in [3.63, 3.8) is 0 Å². The number of carboxylic acids is 1. The first-order valence-corrected chi connectivity index (χ1v) is 8.07. The van der Waals surface area contributed by atoms with E-state index in [0.717, 1.165) is 4.31 Å². The minimum atomic E-state index is -3.89. The van der Waals surface area contributed by atoms with Gasteiger partial charge in [0.05, 0.1) is 0 Å². The molecule has 1 saturated heterocycles. The molecule has 0 saturated carbocycles. The molecule has 0 spiro atoms. The second kappa shape index (κ2) is 4.83. The summed E-state index contributed by atoms with van der Waals surface area (Å²) in [4.78, 5) is 22.6. The lowest BCUT2D eigenvalue weighted by atomic mass is 10.0. The number of carbonyl (C=O) groups excluding carboxylic acids is 1. The van der Waals surface area contributed by atoms with Gasteiger partial charge in [0.25, 0.3) is 10.0 Å². The minimum absolute atomic E-state index is 0.0529. The maximum atomic E-state index is 12.5. The predicted octanol–water partition coefficient (Wildman–Crippen LogP) is 0.345. The molecule has 1 aliphatic heterocycles. The third-order valence-electron chi connectivity index (χ3n) is 3.12. The fourth-order valence-corrected chi connectivity index (χ4v) is 4.99. The molecule has 0 radical (unpaired) electrons. The molecule has 0 atom stereocenters. The number of aromatic carboxylic acids is 1. The van der Waals surface area contributed by atoms with Crippen LogP contribution in [0.25, 0.3) is 0 Å². The van der Waals surface area contributed by atoms with E-state index in [1.54, 1.807) is 0 Å². The summed E-state index contributed by atoms with van der Waals surface area (Å²) in [6, 6.07) is 2.50. The molecule has 2 rings (SSSR count). The number of nitrogens with zero attached hydrogens (tertiary/aromatic N) is 1. The van der Waals surface area contributed by atoms with Gasteiger partial charge in [-0.05, 0) is 26.0 Å². The maximum Gasteiger partial charge on any atom is 0.345 e. The summed E-state index contributed by atoms with van der Waals surface area (Å²) in [7, 11) is -3.89. The summed E-state index contributed by atoms with van der Waals surface area (Å²) in [6.07, 6.45) is 0. The maximum absolute atomic E-state index is 12.5. The van der Waals surface area contributed by atoms with Crippen LogP contribution >= 0.6 is 11.3 Å². The van der Waals surface area contributed by atoms with Crippen molar-refractivity contribution in [3.05, 3.63) is 17.0 Å². The number of sulfonamides is 1. The Morgan fingerprint density at radius 3 is 2.65 bits per heavy atom. The van der Waals surface area contributed by atoms with Gasteiger partial charge in [-0.1, -0.05) is 0 Å². The molecular formula is C11H14N2O5S2. The van der Waals surface area contributed by atoms with Crippen molar-refractivity contribution in [2.75, 3.05) is 13.1 Å². The molecule has 1 aromatic heterocycles. The highest BCUT2D eigenvalue weighted by Crippen LogP contribution is 2.30. The Labute approximate surface area is 120 Å². The highest BCUT2D eigenvalue weighted by atomic mass is 32.2. The third kappa shape index (κ3) is 2.32. The van der Waals surface area contributed by atoms with Crippen molar-refractivity contribution in [3.8, 4) is 0 Å². The summed E-state index contributed by atoms with van der Waals surface area (Å²) in [6.45, 7) is 3.43.